The van der Waals surface area contributed by atoms with Gasteiger partial charge in [-0.1, -0.05) is 6.07 Å². The number of carbonyl (C=O) groups is 2. The zero-order chi connectivity index (χ0) is 15.4. The number of fused-ring (bicyclic) bond motifs is 1. The highest BCUT2D eigenvalue weighted by molar-refractivity contribution is 5.83. The van der Waals surface area contributed by atoms with Crippen LogP contribution in [0.25, 0.3) is 5.65 Å². The molecular weight excluding hydrogens is 270 g/mol. The molecule has 2 aromatic rings. The van der Waals surface area contributed by atoms with Crippen molar-refractivity contribution in [2.24, 2.45) is 0 Å². The van der Waals surface area contributed by atoms with Crippen molar-refractivity contribution in [3.05, 3.63) is 36.3 Å². The molecule has 0 bridgehead atoms. The molecule has 6 heteroatoms. The van der Waals surface area contributed by atoms with Gasteiger partial charge in [0, 0.05) is 18.4 Å². The zero-order valence-corrected chi connectivity index (χ0v) is 12.4. The molecule has 0 N–H and O–H groups in total. The van der Waals surface area contributed by atoms with Crippen LogP contribution in [0, 0.1) is 0 Å². The number of carbonyl (C=O) groups excluding carboxylic acids is 2. The van der Waals surface area contributed by atoms with E-state index in [-0.39, 0.29) is 24.9 Å². The van der Waals surface area contributed by atoms with Gasteiger partial charge in [0.15, 0.2) is 0 Å². The molecule has 0 aromatic carbocycles. The van der Waals surface area contributed by atoms with Crippen LogP contribution in [0.2, 0.25) is 0 Å². The first-order valence-electron chi connectivity index (χ1n) is 6.80. The molecule has 112 valence electrons. The van der Waals surface area contributed by atoms with Gasteiger partial charge >= 0.3 is 5.97 Å². The van der Waals surface area contributed by atoms with Gasteiger partial charge in [-0.2, -0.15) is 0 Å². The Bertz CT molecular complexity index is 615. The molecule has 0 aliphatic carbocycles. The summed E-state index contributed by atoms with van der Waals surface area (Å²) in [5.41, 5.74) is 1.48. The number of rotatable bonds is 5. The molecule has 0 aliphatic heterocycles. The molecular formula is C15H19N3O3. The first kappa shape index (κ1) is 15.0. The summed E-state index contributed by atoms with van der Waals surface area (Å²) >= 11 is 0. The monoisotopic (exact) mass is 289 g/mol. The topological polar surface area (TPSA) is 63.9 Å². The molecule has 6 nitrogen and oxygen atoms in total. The Morgan fingerprint density at radius 1 is 1.38 bits per heavy atom. The Morgan fingerprint density at radius 3 is 2.76 bits per heavy atom. The molecule has 0 unspecified atom stereocenters. The number of hydrogen-bond acceptors (Lipinski definition) is 4. The lowest BCUT2D eigenvalue weighted by atomic mass is 10.2. The van der Waals surface area contributed by atoms with E-state index < -0.39 is 5.97 Å². The van der Waals surface area contributed by atoms with E-state index in [0.29, 0.717) is 5.69 Å². The van der Waals surface area contributed by atoms with Crippen LogP contribution in [0.15, 0.2) is 30.6 Å². The van der Waals surface area contributed by atoms with E-state index in [9.17, 15) is 9.59 Å². The van der Waals surface area contributed by atoms with Gasteiger partial charge in [0.2, 0.25) is 5.91 Å². The van der Waals surface area contributed by atoms with Crippen molar-refractivity contribution >= 4 is 17.5 Å². The predicted molar refractivity (Wildman–Crippen MR) is 77.8 cm³/mol. The second-order valence-electron chi connectivity index (χ2n) is 5.07. The van der Waals surface area contributed by atoms with Gasteiger partial charge in [-0.3, -0.25) is 9.59 Å². The Hall–Kier alpha value is -2.37. The first-order chi connectivity index (χ1) is 10.0. The number of nitrogens with zero attached hydrogens (tertiary/aromatic N) is 3. The largest absolute Gasteiger partial charge is 0.468 e. The fraction of sp³-hybridized carbons (Fsp3) is 0.400. The quantitative estimate of drug-likeness (QED) is 0.778. The number of methoxy groups -OCH3 is 1. The molecule has 0 aliphatic rings. The Morgan fingerprint density at radius 2 is 2.14 bits per heavy atom. The Balaban J connectivity index is 2.12. The molecule has 2 rings (SSSR count). The van der Waals surface area contributed by atoms with Gasteiger partial charge in [-0.25, -0.2) is 4.98 Å². The normalized spacial score (nSPS) is 10.9. The molecule has 2 aromatic heterocycles. The number of amides is 1. The minimum Gasteiger partial charge on any atom is -0.468 e. The van der Waals surface area contributed by atoms with Crippen molar-refractivity contribution in [2.45, 2.75) is 26.3 Å². The Labute approximate surface area is 123 Å². The summed E-state index contributed by atoms with van der Waals surface area (Å²) in [6.45, 7) is 3.69. The van der Waals surface area contributed by atoms with Crippen LogP contribution in [-0.2, 0) is 20.7 Å². The third-order valence-corrected chi connectivity index (χ3v) is 3.22. The van der Waals surface area contributed by atoms with Crippen molar-refractivity contribution in [2.75, 3.05) is 13.7 Å². The second kappa shape index (κ2) is 6.39. The average Bonchev–Trinajstić information content (AvgIpc) is 2.85. The molecule has 2 heterocycles. The third-order valence-electron chi connectivity index (χ3n) is 3.22. The van der Waals surface area contributed by atoms with Gasteiger partial charge in [0.1, 0.15) is 12.2 Å². The van der Waals surface area contributed by atoms with Gasteiger partial charge < -0.3 is 14.0 Å². The summed E-state index contributed by atoms with van der Waals surface area (Å²) in [5.74, 6) is -0.564. The van der Waals surface area contributed by atoms with E-state index >= 15 is 0 Å². The number of aromatic nitrogens is 2. The van der Waals surface area contributed by atoms with Gasteiger partial charge in [-0.15, -0.1) is 0 Å². The fourth-order valence-corrected chi connectivity index (χ4v) is 2.09. The van der Waals surface area contributed by atoms with E-state index in [1.165, 1.54) is 12.0 Å². The van der Waals surface area contributed by atoms with Gasteiger partial charge in [0.05, 0.1) is 19.2 Å². The second-order valence-corrected chi connectivity index (χ2v) is 5.07. The molecule has 0 fully saturated rings. The summed E-state index contributed by atoms with van der Waals surface area (Å²) in [6.07, 6.45) is 3.87. The maximum atomic E-state index is 12.4. The van der Waals surface area contributed by atoms with Crippen LogP contribution in [0.1, 0.15) is 19.5 Å². The summed E-state index contributed by atoms with van der Waals surface area (Å²) < 4.78 is 6.49. The maximum Gasteiger partial charge on any atom is 0.325 e. The van der Waals surface area contributed by atoms with E-state index in [4.69, 9.17) is 0 Å². The lowest BCUT2D eigenvalue weighted by Gasteiger charge is -2.25. The SMILES string of the molecule is COC(=O)CN(C(=O)Cc1cn2ccccc2n1)C(C)C. The Kier molecular flexibility index (Phi) is 4.57. The van der Waals surface area contributed by atoms with Crippen LogP contribution in [0.3, 0.4) is 0 Å². The fourth-order valence-electron chi connectivity index (χ4n) is 2.09. The zero-order valence-electron chi connectivity index (χ0n) is 12.4. The standard InChI is InChI=1S/C15H19N3O3/c1-11(2)18(10-15(20)21-3)14(19)8-12-9-17-7-5-4-6-13(17)16-12/h4-7,9,11H,8,10H2,1-3H3. The highest BCUT2D eigenvalue weighted by Crippen LogP contribution is 2.08. The smallest absolute Gasteiger partial charge is 0.325 e. The molecule has 0 radical (unpaired) electrons. The molecule has 0 saturated heterocycles. The number of imidazole rings is 1. The molecule has 0 atom stereocenters. The summed E-state index contributed by atoms with van der Waals surface area (Å²) in [5, 5.41) is 0. The van der Waals surface area contributed by atoms with E-state index in [0.717, 1.165) is 5.65 Å². The van der Waals surface area contributed by atoms with Gasteiger partial charge in [0.25, 0.3) is 0 Å². The van der Waals surface area contributed by atoms with Crippen LogP contribution < -0.4 is 0 Å². The van der Waals surface area contributed by atoms with Crippen LogP contribution in [-0.4, -0.2) is 45.9 Å². The van der Waals surface area contributed by atoms with Crippen molar-refractivity contribution in [1.29, 1.82) is 0 Å². The highest BCUT2D eigenvalue weighted by atomic mass is 16.5. The van der Waals surface area contributed by atoms with Gasteiger partial charge in [-0.05, 0) is 26.0 Å². The molecule has 1 amide bonds. The van der Waals surface area contributed by atoms with E-state index in [1.54, 1.807) is 0 Å². The van der Waals surface area contributed by atoms with Crippen LogP contribution >= 0.6 is 0 Å². The van der Waals surface area contributed by atoms with Crippen LogP contribution in [0.4, 0.5) is 0 Å². The highest BCUT2D eigenvalue weighted by Gasteiger charge is 2.21. The van der Waals surface area contributed by atoms with Crippen molar-refractivity contribution in [1.82, 2.24) is 14.3 Å². The van der Waals surface area contributed by atoms with Crippen LogP contribution in [0.5, 0.6) is 0 Å². The number of hydrogen-bond donors (Lipinski definition) is 0. The minimum absolute atomic E-state index is 0.0413. The third kappa shape index (κ3) is 3.59. The van der Waals surface area contributed by atoms with Crippen molar-refractivity contribution in [3.63, 3.8) is 0 Å². The lowest BCUT2D eigenvalue weighted by Crippen LogP contribution is -2.41. The first-order valence-corrected chi connectivity index (χ1v) is 6.80. The molecule has 21 heavy (non-hydrogen) atoms. The minimum atomic E-state index is -0.424. The summed E-state index contributed by atoms with van der Waals surface area (Å²) in [7, 11) is 1.31. The lowest BCUT2D eigenvalue weighted by molar-refractivity contribution is -0.148. The number of ether oxygens (including phenoxy) is 1. The summed E-state index contributed by atoms with van der Waals surface area (Å²) in [4.78, 5) is 29.6. The number of pyridine rings is 1. The van der Waals surface area contributed by atoms with E-state index in [2.05, 4.69) is 9.72 Å². The predicted octanol–water partition coefficient (Wildman–Crippen LogP) is 1.29. The van der Waals surface area contributed by atoms with Crippen molar-refractivity contribution in [3.8, 4) is 0 Å². The number of esters is 1. The maximum absolute atomic E-state index is 12.4. The van der Waals surface area contributed by atoms with E-state index in [1.807, 2.05) is 48.8 Å². The molecule has 0 saturated carbocycles. The van der Waals surface area contributed by atoms with Crippen molar-refractivity contribution < 1.29 is 14.3 Å². The molecule has 0 spiro atoms. The average molecular weight is 289 g/mol. The summed E-state index contributed by atoms with van der Waals surface area (Å²) in [6, 6.07) is 5.60.